The van der Waals surface area contributed by atoms with E-state index >= 15 is 0 Å². The number of nitrogens with one attached hydrogen (secondary N) is 2. The van der Waals surface area contributed by atoms with E-state index < -0.39 is 0 Å². The molecule has 0 saturated carbocycles. The highest BCUT2D eigenvalue weighted by molar-refractivity contribution is 5.73. The molecule has 2 fully saturated rings. The summed E-state index contributed by atoms with van der Waals surface area (Å²) in [6.45, 7) is 4.56. The number of rotatable bonds is 3. The molecule has 3 rings (SSSR count). The molecule has 4 nitrogen and oxygen atoms in total. The number of carbonyl (C=O) groups excluding carboxylic acids is 1. The summed E-state index contributed by atoms with van der Waals surface area (Å²) in [6.07, 6.45) is 0.715. The lowest BCUT2D eigenvalue weighted by atomic mass is 9.74. The summed E-state index contributed by atoms with van der Waals surface area (Å²) in [5.41, 5.74) is 2.60. The van der Waals surface area contributed by atoms with Gasteiger partial charge in [0.1, 0.15) is 0 Å². The van der Waals surface area contributed by atoms with Crippen LogP contribution in [0.1, 0.15) is 0 Å². The smallest absolute Gasteiger partial charge is 0.211 e. The summed E-state index contributed by atoms with van der Waals surface area (Å²) in [5, 5.41) is 6.00. The van der Waals surface area contributed by atoms with Gasteiger partial charge >= 0.3 is 0 Å². The van der Waals surface area contributed by atoms with Crippen LogP contribution in [0.25, 0.3) is 0 Å². The molecule has 0 aliphatic carbocycles. The van der Waals surface area contributed by atoms with Crippen molar-refractivity contribution in [1.29, 1.82) is 0 Å². The minimum absolute atomic E-state index is 0.536. The van der Waals surface area contributed by atoms with E-state index in [0.717, 1.165) is 31.9 Å². The molecular formula is C12H15N3O. The average Bonchev–Trinajstić information content (AvgIpc) is 2.14. The van der Waals surface area contributed by atoms with E-state index in [1.165, 1.54) is 5.69 Å². The fourth-order valence-electron chi connectivity index (χ4n) is 2.51. The summed E-state index contributed by atoms with van der Waals surface area (Å²) < 4.78 is 0. The van der Waals surface area contributed by atoms with Gasteiger partial charge in [-0.15, -0.1) is 0 Å². The van der Waals surface area contributed by atoms with Crippen LogP contribution in [0, 0.1) is 5.41 Å². The Kier molecular flexibility index (Phi) is 2.11. The SMILES string of the molecule is O=CNc1cccc(N2CC3(CNC3)C2)c1. The van der Waals surface area contributed by atoms with Gasteiger partial charge in [0.25, 0.3) is 0 Å². The fourth-order valence-corrected chi connectivity index (χ4v) is 2.51. The Balaban J connectivity index is 1.70. The predicted molar refractivity (Wildman–Crippen MR) is 63.6 cm³/mol. The molecule has 4 heteroatoms. The van der Waals surface area contributed by atoms with Crippen molar-refractivity contribution in [3.05, 3.63) is 24.3 Å². The van der Waals surface area contributed by atoms with Gasteiger partial charge in [-0.05, 0) is 18.2 Å². The molecular weight excluding hydrogens is 202 g/mol. The highest BCUT2D eigenvalue weighted by Gasteiger charge is 2.47. The van der Waals surface area contributed by atoms with Crippen LogP contribution in [0.15, 0.2) is 24.3 Å². The van der Waals surface area contributed by atoms with Gasteiger partial charge in [0.2, 0.25) is 6.41 Å². The first-order valence-corrected chi connectivity index (χ1v) is 5.57. The van der Waals surface area contributed by atoms with Gasteiger partial charge in [-0.25, -0.2) is 0 Å². The third-order valence-electron chi connectivity index (χ3n) is 3.49. The van der Waals surface area contributed by atoms with Crippen molar-refractivity contribution in [3.8, 4) is 0 Å². The Bertz CT molecular complexity index is 406. The molecule has 2 heterocycles. The summed E-state index contributed by atoms with van der Waals surface area (Å²) in [6, 6.07) is 7.99. The molecule has 1 aromatic rings. The standard InChI is InChI=1S/C12H15N3O/c16-9-14-10-2-1-3-11(4-10)15-7-12(8-15)5-13-6-12/h1-4,9,13H,5-8H2,(H,14,16). The maximum atomic E-state index is 10.4. The molecule has 2 N–H and O–H groups in total. The largest absolute Gasteiger partial charge is 0.370 e. The van der Waals surface area contributed by atoms with E-state index in [9.17, 15) is 4.79 Å². The number of nitrogens with zero attached hydrogens (tertiary/aromatic N) is 1. The number of carbonyl (C=O) groups is 1. The first-order valence-electron chi connectivity index (χ1n) is 5.57. The molecule has 84 valence electrons. The van der Waals surface area contributed by atoms with Crippen LogP contribution >= 0.6 is 0 Å². The maximum absolute atomic E-state index is 10.4. The molecule has 0 bridgehead atoms. The zero-order valence-electron chi connectivity index (χ0n) is 9.07. The number of hydrogen-bond donors (Lipinski definition) is 2. The van der Waals surface area contributed by atoms with Gasteiger partial charge in [0.05, 0.1) is 0 Å². The minimum atomic E-state index is 0.536. The van der Waals surface area contributed by atoms with Gasteiger partial charge in [0, 0.05) is 43.0 Å². The van der Waals surface area contributed by atoms with Crippen LogP contribution in [0.2, 0.25) is 0 Å². The van der Waals surface area contributed by atoms with Crippen LogP contribution in [0.5, 0.6) is 0 Å². The first kappa shape index (κ1) is 9.66. The second-order valence-corrected chi connectivity index (χ2v) is 4.77. The van der Waals surface area contributed by atoms with Crippen molar-refractivity contribution in [2.24, 2.45) is 5.41 Å². The highest BCUT2D eigenvalue weighted by atomic mass is 16.1. The molecule has 1 amide bonds. The quantitative estimate of drug-likeness (QED) is 0.731. The maximum Gasteiger partial charge on any atom is 0.211 e. The third-order valence-corrected chi connectivity index (χ3v) is 3.49. The number of hydrogen-bond acceptors (Lipinski definition) is 3. The molecule has 2 aliphatic rings. The van der Waals surface area contributed by atoms with Crippen molar-refractivity contribution >= 4 is 17.8 Å². The van der Waals surface area contributed by atoms with E-state index in [1.807, 2.05) is 18.2 Å². The zero-order valence-corrected chi connectivity index (χ0v) is 9.07. The molecule has 1 aromatic carbocycles. The summed E-state index contributed by atoms with van der Waals surface area (Å²) in [4.78, 5) is 12.7. The first-order chi connectivity index (χ1) is 7.81. The van der Waals surface area contributed by atoms with E-state index in [2.05, 4.69) is 21.6 Å². The number of benzene rings is 1. The topological polar surface area (TPSA) is 44.4 Å². The van der Waals surface area contributed by atoms with Crippen molar-refractivity contribution in [3.63, 3.8) is 0 Å². The Hall–Kier alpha value is -1.55. The highest BCUT2D eigenvalue weighted by Crippen LogP contribution is 2.37. The van der Waals surface area contributed by atoms with Crippen molar-refractivity contribution in [2.75, 3.05) is 36.4 Å². The summed E-state index contributed by atoms with van der Waals surface area (Å²) in [5.74, 6) is 0. The predicted octanol–water partition coefficient (Wildman–Crippen LogP) is 0.664. The average molecular weight is 217 g/mol. The molecule has 0 radical (unpaired) electrons. The Morgan fingerprint density at radius 1 is 1.38 bits per heavy atom. The van der Waals surface area contributed by atoms with Gasteiger partial charge in [0.15, 0.2) is 0 Å². The van der Waals surface area contributed by atoms with Crippen LogP contribution in [-0.2, 0) is 4.79 Å². The number of anilines is 2. The molecule has 16 heavy (non-hydrogen) atoms. The van der Waals surface area contributed by atoms with E-state index in [-0.39, 0.29) is 0 Å². The second kappa shape index (κ2) is 3.49. The normalized spacial score (nSPS) is 21.1. The molecule has 0 aromatic heterocycles. The number of amides is 1. The van der Waals surface area contributed by atoms with Crippen LogP contribution < -0.4 is 15.5 Å². The van der Waals surface area contributed by atoms with Crippen LogP contribution in [0.4, 0.5) is 11.4 Å². The molecule has 0 unspecified atom stereocenters. The second-order valence-electron chi connectivity index (χ2n) is 4.77. The monoisotopic (exact) mass is 217 g/mol. The van der Waals surface area contributed by atoms with E-state index in [0.29, 0.717) is 11.8 Å². The Labute approximate surface area is 94.6 Å². The lowest BCUT2D eigenvalue weighted by Gasteiger charge is -2.57. The molecule has 1 spiro atoms. The lowest BCUT2D eigenvalue weighted by molar-refractivity contribution is -0.105. The fraction of sp³-hybridized carbons (Fsp3) is 0.417. The zero-order chi connectivity index (χ0) is 11.0. The van der Waals surface area contributed by atoms with Gasteiger partial charge in [-0.3, -0.25) is 4.79 Å². The Morgan fingerprint density at radius 2 is 2.19 bits per heavy atom. The molecule has 2 aliphatic heterocycles. The van der Waals surface area contributed by atoms with Gasteiger partial charge < -0.3 is 15.5 Å². The third kappa shape index (κ3) is 1.46. The molecule has 2 saturated heterocycles. The lowest BCUT2D eigenvalue weighted by Crippen LogP contribution is -2.71. The van der Waals surface area contributed by atoms with Crippen LogP contribution in [0.3, 0.4) is 0 Å². The Morgan fingerprint density at radius 3 is 2.81 bits per heavy atom. The van der Waals surface area contributed by atoms with Crippen LogP contribution in [-0.4, -0.2) is 32.6 Å². The van der Waals surface area contributed by atoms with Gasteiger partial charge in [-0.1, -0.05) is 6.07 Å². The summed E-state index contributed by atoms with van der Waals surface area (Å²) >= 11 is 0. The van der Waals surface area contributed by atoms with Crippen molar-refractivity contribution < 1.29 is 4.79 Å². The van der Waals surface area contributed by atoms with E-state index in [4.69, 9.17) is 0 Å². The van der Waals surface area contributed by atoms with Gasteiger partial charge in [-0.2, -0.15) is 0 Å². The minimum Gasteiger partial charge on any atom is -0.370 e. The molecule has 0 atom stereocenters. The summed E-state index contributed by atoms with van der Waals surface area (Å²) in [7, 11) is 0. The van der Waals surface area contributed by atoms with Crippen molar-refractivity contribution in [1.82, 2.24) is 5.32 Å². The van der Waals surface area contributed by atoms with E-state index in [1.54, 1.807) is 0 Å². The van der Waals surface area contributed by atoms with Crippen molar-refractivity contribution in [2.45, 2.75) is 0 Å².